The number of fused-ring (bicyclic) bond motifs is 18. The van der Waals surface area contributed by atoms with Gasteiger partial charge in [0.1, 0.15) is 34.7 Å². The van der Waals surface area contributed by atoms with Gasteiger partial charge in [0, 0.05) is 255 Å². The Labute approximate surface area is 924 Å². The van der Waals surface area contributed by atoms with Crippen LogP contribution in [-0.2, 0) is 67.1 Å². The number of hydrogen-bond acceptors (Lipinski definition) is 24. The van der Waals surface area contributed by atoms with Crippen LogP contribution >= 0.6 is 0 Å². The van der Waals surface area contributed by atoms with Gasteiger partial charge in [0.15, 0.2) is 69.0 Å². The van der Waals surface area contributed by atoms with Gasteiger partial charge in [-0.3, -0.25) is 58.2 Å². The number of carbonyl (C=O) groups excluding carboxylic acids is 6. The van der Waals surface area contributed by atoms with Gasteiger partial charge in [-0.25, -0.2) is 0 Å². The first-order chi connectivity index (χ1) is 89.9. The Hall–Kier alpha value is -9.30. The molecule has 0 amide bonds. The first kappa shape index (κ1) is 55.3. The minimum absolute atomic E-state index is 0.00618. The number of aryl methyl sites for hydroxylation is 2. The van der Waals surface area contributed by atoms with Gasteiger partial charge in [-0.1, -0.05) is 102 Å². The average molecular weight is 2010 g/mol. The van der Waals surface area contributed by atoms with Crippen molar-refractivity contribution in [2.45, 2.75) is 253 Å². The van der Waals surface area contributed by atoms with E-state index in [1.807, 2.05) is 13.8 Å². The van der Waals surface area contributed by atoms with Crippen LogP contribution < -0.4 is 56.8 Å². The van der Waals surface area contributed by atoms with E-state index < -0.39 is 288 Å². The Balaban J connectivity index is 0.000000193. The molecule has 0 radical (unpaired) electrons. The molecule has 0 aliphatic carbocycles. The van der Waals surface area contributed by atoms with E-state index in [-0.39, 0.29) is 153 Å². The topological polar surface area (TPSA) is 233 Å². The summed E-state index contributed by atoms with van der Waals surface area (Å²) in [7, 11) is 15.9. The fraction of sp³-hybridized carbons (Fsp3) is 0.641. The molecule has 0 bridgehead atoms. The largest absolute Gasteiger partial charge is 0.493 e. The molecule has 774 valence electrons. The summed E-state index contributed by atoms with van der Waals surface area (Å²) in [5, 5.41) is 0. The van der Waals surface area contributed by atoms with Crippen LogP contribution in [0.4, 0.5) is 0 Å². The fourth-order valence-corrected chi connectivity index (χ4v) is 18.2. The van der Waals surface area contributed by atoms with Crippen molar-refractivity contribution in [3.63, 3.8) is 0 Å². The smallest absolute Gasteiger partial charge is 0.161 e. The monoisotopic (exact) mass is 2000 g/mol. The Kier molecular flexibility index (Phi) is 19.6. The molecule has 0 spiro atoms. The van der Waals surface area contributed by atoms with Crippen molar-refractivity contribution in [3.8, 4) is 69.0 Å². The van der Waals surface area contributed by atoms with E-state index in [1.54, 1.807) is 23.6 Å². The standard InChI is InChI=1S/3C20H29NO3.3C19H27NO3/c3*1-5-13(2)8-15-12-21-7-6-14-9-19(23-3)20(24-4)10-16(14)17(21)11-18(15)22;3*1-12(2)7-14-11-20-6-5-13-8-18(22-3)19(23-4)9-15(13)16(20)10-17(14)21/h3*9-10,13,15,17H,5-8,11-12H2,1-4H3;3*8-9,12,14,16H,5-7,10-11H2,1-4H3/i2D3,5D2,6D2,7D2,8D2,11D2,12D2,13D,15D,17D;2D3,5D2,6D2,8D2,12D2,13D,17D;2D3,5D2,8D2,9D,10D,13D;5D2,6D2,10D2,11D2,14D,16D;8D,9D,10D2,14D;8D,9D. The Bertz CT molecular complexity index is 8260. The molecule has 6 saturated heterocycles. The number of nitrogens with zero attached hydrogens (tertiary/aromatic N) is 6. The van der Waals surface area contributed by atoms with E-state index in [0.29, 0.717) is 103 Å². The molecule has 141 heavy (non-hydrogen) atoms. The summed E-state index contributed by atoms with van der Waals surface area (Å²) in [4.78, 5) is 86.1. The molecule has 12 aliphatic rings. The van der Waals surface area contributed by atoms with Gasteiger partial charge in [-0.2, -0.15) is 0 Å². The van der Waals surface area contributed by atoms with Crippen LogP contribution in [0.2, 0.25) is 0 Å². The van der Waals surface area contributed by atoms with Crippen LogP contribution in [0.5, 0.6) is 69.0 Å². The van der Waals surface area contributed by atoms with Crippen LogP contribution in [0, 0.1) is 70.9 Å². The van der Waals surface area contributed by atoms with E-state index in [1.165, 1.54) is 83.2 Å². The van der Waals surface area contributed by atoms with Gasteiger partial charge < -0.3 is 56.8 Å². The number of ether oxygens (including phenoxy) is 12. The maximum atomic E-state index is 14.0. The Morgan fingerprint density at radius 2 is 0.674 bits per heavy atom. The van der Waals surface area contributed by atoms with E-state index in [0.717, 1.165) is 76.0 Å². The van der Waals surface area contributed by atoms with Crippen molar-refractivity contribution >= 4 is 34.7 Å². The van der Waals surface area contributed by atoms with Crippen molar-refractivity contribution in [3.05, 3.63) is 139 Å². The molecule has 6 aromatic carbocycles. The number of carbonyl (C=O) groups is 6. The van der Waals surface area contributed by atoms with Gasteiger partial charge in [-0.15, -0.1) is 0 Å². The van der Waals surface area contributed by atoms with Gasteiger partial charge in [-0.05, 0) is 252 Å². The molecule has 6 fully saturated rings. The third-order valence-electron chi connectivity index (χ3n) is 25.2. The molecular formula is C117H168N6O18. The summed E-state index contributed by atoms with van der Waals surface area (Å²) < 4.78 is 554. The molecule has 6 aromatic rings. The van der Waals surface area contributed by atoms with Gasteiger partial charge in [0.05, 0.1) is 97.7 Å². The number of hydrogen-bond donors (Lipinski definition) is 0. The number of rotatable bonds is 27. The molecule has 0 aromatic heterocycles. The molecule has 15 atom stereocenters. The number of Topliss-reactive ketones (excluding diaryl/α,β-unsaturated/α-hetero) is 6. The second kappa shape index (κ2) is 50.0. The molecule has 12 heterocycles. The number of benzene rings is 6. The predicted octanol–water partition coefficient (Wildman–Crippen LogP) is 20.6. The first-order valence-corrected chi connectivity index (χ1v) is 46.3. The zero-order chi connectivity index (χ0) is 153. The molecule has 15 unspecified atom stereocenters. The zero-order valence-electron chi connectivity index (χ0n) is 142. The molecule has 12 aliphatic heterocycles. The van der Waals surface area contributed by atoms with E-state index >= 15 is 0 Å². The quantitative estimate of drug-likeness (QED) is 0.0466. The van der Waals surface area contributed by atoms with E-state index in [9.17, 15) is 30.1 Å². The first-order valence-electron chi connectivity index (χ1n) is 75.3. The molecule has 0 N–H and O–H groups in total. The zero-order valence-corrected chi connectivity index (χ0v) is 83.5. The summed E-state index contributed by atoms with van der Waals surface area (Å²) in [5.41, 5.74) is 0.681. The van der Waals surface area contributed by atoms with Gasteiger partial charge >= 0.3 is 0 Å². The van der Waals surface area contributed by atoms with Crippen LogP contribution in [0.15, 0.2) is 72.7 Å². The van der Waals surface area contributed by atoms with Crippen molar-refractivity contribution < 1.29 is 165 Å². The Morgan fingerprint density at radius 1 is 0.333 bits per heavy atom. The second-order valence-corrected chi connectivity index (χ2v) is 35.6. The number of ketones is 6. The Morgan fingerprint density at radius 3 is 1.09 bits per heavy atom. The summed E-state index contributed by atoms with van der Waals surface area (Å²) in [6.45, 7) is -14.2. The normalized spacial score (nSPS) is 39.3. The highest BCUT2D eigenvalue weighted by Crippen LogP contribution is 2.51. The lowest BCUT2D eigenvalue weighted by Gasteiger charge is -2.43. The molecular weight excluding hydrogens is 1780 g/mol. The minimum atomic E-state index is -4.49. The highest BCUT2D eigenvalue weighted by Gasteiger charge is 2.47. The molecule has 18 rings (SSSR count). The second-order valence-electron chi connectivity index (χ2n) is 35.6. The summed E-state index contributed by atoms with van der Waals surface area (Å²) >= 11 is 0. The molecule has 24 heteroatoms. The maximum Gasteiger partial charge on any atom is 0.161 e. The van der Waals surface area contributed by atoms with Crippen molar-refractivity contribution in [1.82, 2.24) is 29.4 Å². The summed E-state index contributed by atoms with van der Waals surface area (Å²) in [6, 6.07) is -3.71. The predicted molar refractivity (Wildman–Crippen MR) is 555 cm³/mol. The number of piperidine rings is 6. The van der Waals surface area contributed by atoms with Crippen LogP contribution in [-0.4, -0.2) is 228 Å². The maximum absolute atomic E-state index is 14.0. The lowest BCUT2D eigenvalue weighted by atomic mass is 9.79. The van der Waals surface area contributed by atoms with Crippen molar-refractivity contribution in [2.24, 2.45) is 70.9 Å². The SMILES string of the molecule is [2H]C([2H])([2H])C([2H])(C([2H])([2H])C)C([2H])([2H])C1([2H])C(=O)C([2H])([2H])C2([2H])c3cc(OC)c(OC)cc3C([2H])([2H])C([2H])([2H])N2C1([2H])[2H].[2H]C1([2H])C(=O)C([2H])(CC(C)C)C([2H])([2H])N2C([2H])([2H])C([2H])([2H])c3cc(OC)c(OC)cc3C21[2H].[2H]C1([2H])CN2C([2H])(CC(=O)C(C([2H])([2H])C([2H])(C([2H])([2H])[2H])C([2H])([2H])C)C2([2H])[2H])c2cc(OC)c(OC)cc21.[2H]c1c2c(c([2H])c(OC)c1OC)C1CC(=O)C(C([2H])([2H])C([2H])(C([2H])([2H])[2H])C([2H])([2H])C)CN1CC2.[2H]c1c2c(c([2H])c(OC)c1OC)C1CC(=O)C(CC(C)C)CN1CC2.[2H]c1c2c(c([2H])c(OC)c1OC)C1N(CC2)CC([2H])(CC(C)C)C(=O)C1([2H])[2H]. The van der Waals surface area contributed by atoms with Gasteiger partial charge in [0.25, 0.3) is 0 Å². The van der Waals surface area contributed by atoms with E-state index in [2.05, 4.69) is 18.7 Å². The third-order valence-corrected chi connectivity index (χ3v) is 25.2. The summed E-state index contributed by atoms with van der Waals surface area (Å²) in [6.07, 6.45) is -37.3. The van der Waals surface area contributed by atoms with Crippen LogP contribution in [0.3, 0.4) is 0 Å². The van der Waals surface area contributed by atoms with E-state index in [4.69, 9.17) is 135 Å². The molecule has 24 nitrogen and oxygen atoms in total. The van der Waals surface area contributed by atoms with Crippen LogP contribution in [0.1, 0.15) is 361 Å². The number of methoxy groups -OCH3 is 12. The van der Waals surface area contributed by atoms with Crippen molar-refractivity contribution in [2.75, 3.05) is 164 Å². The third kappa shape index (κ3) is 25.6. The lowest BCUT2D eigenvalue weighted by molar-refractivity contribution is -0.130. The fourth-order valence-electron chi connectivity index (χ4n) is 18.2. The highest BCUT2D eigenvalue weighted by atomic mass is 16.5. The molecule has 0 saturated carbocycles. The highest BCUT2D eigenvalue weighted by molar-refractivity contribution is 5.86. The van der Waals surface area contributed by atoms with Crippen LogP contribution in [0.25, 0.3) is 0 Å². The summed E-state index contributed by atoms with van der Waals surface area (Å²) in [5.74, 6) is -29.1. The lowest BCUT2D eigenvalue weighted by Crippen LogP contribution is -2.46. The van der Waals surface area contributed by atoms with Crippen molar-refractivity contribution in [1.29, 1.82) is 0 Å². The van der Waals surface area contributed by atoms with Gasteiger partial charge in [0.2, 0.25) is 0 Å². The minimum Gasteiger partial charge on any atom is -0.493 e. The average Bonchev–Trinajstić information content (AvgIpc) is 0.645.